The molecule has 4 heteroatoms. The van der Waals surface area contributed by atoms with E-state index in [1.165, 1.54) is 10.9 Å². The van der Waals surface area contributed by atoms with Crippen molar-refractivity contribution < 1.29 is 4.79 Å². The number of aromatic nitrogens is 2. The SMILES string of the molecule is CC(C)(C)c1ccc([C@@H](CC(=O)NCCc2ccccn2)c2c[nH]c3ccccc23)cc1. The molecule has 4 rings (SSSR count). The van der Waals surface area contributed by atoms with Crippen LogP contribution >= 0.6 is 0 Å². The van der Waals surface area contributed by atoms with E-state index >= 15 is 0 Å². The van der Waals surface area contributed by atoms with Crippen molar-refractivity contribution in [2.45, 2.75) is 44.9 Å². The molecule has 0 aliphatic carbocycles. The molecule has 0 spiro atoms. The van der Waals surface area contributed by atoms with Crippen LogP contribution in [0.1, 0.15) is 55.5 Å². The number of amides is 1. The predicted molar refractivity (Wildman–Crippen MR) is 131 cm³/mol. The van der Waals surface area contributed by atoms with Gasteiger partial charge in [0.15, 0.2) is 0 Å². The number of fused-ring (bicyclic) bond motifs is 1. The van der Waals surface area contributed by atoms with Crippen molar-refractivity contribution >= 4 is 16.8 Å². The summed E-state index contributed by atoms with van der Waals surface area (Å²) in [5.41, 5.74) is 5.77. The first-order chi connectivity index (χ1) is 15.4. The van der Waals surface area contributed by atoms with Gasteiger partial charge in [-0.25, -0.2) is 0 Å². The Labute approximate surface area is 190 Å². The third-order valence-electron chi connectivity index (χ3n) is 5.99. The van der Waals surface area contributed by atoms with E-state index < -0.39 is 0 Å². The molecule has 0 radical (unpaired) electrons. The van der Waals surface area contributed by atoms with E-state index in [9.17, 15) is 4.79 Å². The van der Waals surface area contributed by atoms with Gasteiger partial charge in [-0.2, -0.15) is 0 Å². The average Bonchev–Trinajstić information content (AvgIpc) is 3.22. The molecule has 2 heterocycles. The van der Waals surface area contributed by atoms with E-state index in [0.717, 1.165) is 28.8 Å². The fourth-order valence-corrected chi connectivity index (χ4v) is 4.14. The van der Waals surface area contributed by atoms with Gasteiger partial charge in [-0.3, -0.25) is 9.78 Å². The molecule has 0 aliphatic heterocycles. The summed E-state index contributed by atoms with van der Waals surface area (Å²) in [6.07, 6.45) is 4.96. The van der Waals surface area contributed by atoms with Crippen LogP contribution in [0.25, 0.3) is 10.9 Å². The maximum Gasteiger partial charge on any atom is 0.220 e. The van der Waals surface area contributed by atoms with Crippen molar-refractivity contribution in [1.29, 1.82) is 0 Å². The third-order valence-corrected chi connectivity index (χ3v) is 5.99. The molecular formula is C28H31N3O. The number of para-hydroxylation sites is 1. The number of carbonyl (C=O) groups excluding carboxylic acids is 1. The van der Waals surface area contributed by atoms with Crippen LogP contribution in [0.15, 0.2) is 79.1 Å². The smallest absolute Gasteiger partial charge is 0.220 e. The molecule has 2 aromatic carbocycles. The van der Waals surface area contributed by atoms with E-state index in [4.69, 9.17) is 0 Å². The molecule has 0 saturated carbocycles. The number of benzene rings is 2. The highest BCUT2D eigenvalue weighted by atomic mass is 16.1. The van der Waals surface area contributed by atoms with Crippen molar-refractivity contribution in [2.75, 3.05) is 6.54 Å². The molecule has 164 valence electrons. The number of pyridine rings is 1. The van der Waals surface area contributed by atoms with Gasteiger partial charge >= 0.3 is 0 Å². The van der Waals surface area contributed by atoms with E-state index in [1.54, 1.807) is 6.20 Å². The number of H-pyrrole nitrogens is 1. The third kappa shape index (κ3) is 5.08. The fraction of sp³-hybridized carbons (Fsp3) is 0.286. The molecule has 1 atom stereocenters. The largest absolute Gasteiger partial charge is 0.361 e. The van der Waals surface area contributed by atoms with Crippen molar-refractivity contribution in [3.8, 4) is 0 Å². The van der Waals surface area contributed by atoms with Crippen LogP contribution < -0.4 is 5.32 Å². The topological polar surface area (TPSA) is 57.8 Å². The van der Waals surface area contributed by atoms with E-state index in [2.05, 4.69) is 72.5 Å². The molecule has 32 heavy (non-hydrogen) atoms. The standard InChI is InChI=1S/C28H31N3O/c1-28(2,3)21-13-11-20(12-14-21)24(25-19-31-26-10-5-4-9-23(25)26)18-27(32)30-17-15-22-8-6-7-16-29-22/h4-14,16,19,24,31H,15,17-18H2,1-3H3,(H,30,32)/t24-/m1/s1. The maximum absolute atomic E-state index is 12.9. The highest BCUT2D eigenvalue weighted by Crippen LogP contribution is 2.34. The van der Waals surface area contributed by atoms with Gasteiger partial charge in [0.05, 0.1) is 0 Å². The van der Waals surface area contributed by atoms with Crippen LogP contribution in [-0.2, 0) is 16.6 Å². The summed E-state index contributed by atoms with van der Waals surface area (Å²) in [4.78, 5) is 20.6. The fourth-order valence-electron chi connectivity index (χ4n) is 4.14. The summed E-state index contributed by atoms with van der Waals surface area (Å²) in [7, 11) is 0. The Balaban J connectivity index is 1.56. The second-order valence-corrected chi connectivity index (χ2v) is 9.34. The van der Waals surface area contributed by atoms with Crippen LogP contribution in [0.5, 0.6) is 0 Å². The van der Waals surface area contributed by atoms with Gasteiger partial charge in [-0.05, 0) is 40.3 Å². The monoisotopic (exact) mass is 425 g/mol. The number of nitrogens with one attached hydrogen (secondary N) is 2. The zero-order valence-corrected chi connectivity index (χ0v) is 19.1. The zero-order valence-electron chi connectivity index (χ0n) is 19.1. The summed E-state index contributed by atoms with van der Waals surface area (Å²) < 4.78 is 0. The molecule has 1 amide bonds. The molecule has 0 saturated heterocycles. The Morgan fingerprint density at radius 1 is 1.00 bits per heavy atom. The van der Waals surface area contributed by atoms with Crippen LogP contribution in [0.2, 0.25) is 0 Å². The number of rotatable bonds is 7. The number of carbonyl (C=O) groups is 1. The lowest BCUT2D eigenvalue weighted by atomic mass is 9.83. The van der Waals surface area contributed by atoms with E-state index in [0.29, 0.717) is 13.0 Å². The lowest BCUT2D eigenvalue weighted by molar-refractivity contribution is -0.121. The normalized spacial score (nSPS) is 12.6. The maximum atomic E-state index is 12.9. The average molecular weight is 426 g/mol. The summed E-state index contributed by atoms with van der Waals surface area (Å²) in [5.74, 6) is 0.0335. The van der Waals surface area contributed by atoms with Crippen molar-refractivity contribution in [3.05, 3.63) is 102 Å². The molecule has 2 N–H and O–H groups in total. The second-order valence-electron chi connectivity index (χ2n) is 9.34. The number of nitrogens with zero attached hydrogens (tertiary/aromatic N) is 1. The first kappa shape index (κ1) is 21.8. The van der Waals surface area contributed by atoms with Crippen molar-refractivity contribution in [3.63, 3.8) is 0 Å². The van der Waals surface area contributed by atoms with Gasteiger partial charge in [-0.1, -0.05) is 69.3 Å². The van der Waals surface area contributed by atoms with Gasteiger partial charge in [0, 0.05) is 54.3 Å². The lowest BCUT2D eigenvalue weighted by Crippen LogP contribution is -2.27. The van der Waals surface area contributed by atoms with Crippen molar-refractivity contribution in [2.24, 2.45) is 0 Å². The highest BCUT2D eigenvalue weighted by Gasteiger charge is 2.22. The quantitative estimate of drug-likeness (QED) is 0.397. The highest BCUT2D eigenvalue weighted by molar-refractivity contribution is 5.86. The summed E-state index contributed by atoms with van der Waals surface area (Å²) >= 11 is 0. The Hall–Kier alpha value is -3.40. The Kier molecular flexibility index (Phi) is 6.40. The van der Waals surface area contributed by atoms with Gasteiger partial charge in [0.1, 0.15) is 0 Å². The lowest BCUT2D eigenvalue weighted by Gasteiger charge is -2.22. The summed E-state index contributed by atoms with van der Waals surface area (Å²) in [6, 6.07) is 22.9. The van der Waals surface area contributed by atoms with Crippen LogP contribution in [0.4, 0.5) is 0 Å². The number of aromatic amines is 1. The number of hydrogen-bond donors (Lipinski definition) is 2. The van der Waals surface area contributed by atoms with Crippen LogP contribution in [0, 0.1) is 0 Å². The van der Waals surface area contributed by atoms with Gasteiger partial charge in [0.25, 0.3) is 0 Å². The minimum Gasteiger partial charge on any atom is -0.361 e. The Morgan fingerprint density at radius 2 is 1.75 bits per heavy atom. The summed E-state index contributed by atoms with van der Waals surface area (Å²) in [5, 5.41) is 4.25. The van der Waals surface area contributed by atoms with Gasteiger partial charge in [-0.15, -0.1) is 0 Å². The molecule has 4 nitrogen and oxygen atoms in total. The molecule has 0 aliphatic rings. The molecular weight excluding hydrogens is 394 g/mol. The van der Waals surface area contributed by atoms with E-state index in [1.807, 2.05) is 36.5 Å². The molecule has 0 unspecified atom stereocenters. The number of hydrogen-bond acceptors (Lipinski definition) is 2. The molecule has 0 bridgehead atoms. The summed E-state index contributed by atoms with van der Waals surface area (Å²) in [6.45, 7) is 7.23. The van der Waals surface area contributed by atoms with E-state index in [-0.39, 0.29) is 17.2 Å². The zero-order chi connectivity index (χ0) is 22.6. The molecule has 0 fully saturated rings. The minimum atomic E-state index is -0.0185. The van der Waals surface area contributed by atoms with Gasteiger partial charge < -0.3 is 10.3 Å². The van der Waals surface area contributed by atoms with Gasteiger partial charge in [0.2, 0.25) is 5.91 Å². The second kappa shape index (κ2) is 9.39. The predicted octanol–water partition coefficient (Wildman–Crippen LogP) is 5.74. The molecule has 2 aromatic heterocycles. The first-order valence-corrected chi connectivity index (χ1v) is 11.2. The van der Waals surface area contributed by atoms with Crippen LogP contribution in [0.3, 0.4) is 0 Å². The first-order valence-electron chi connectivity index (χ1n) is 11.2. The molecule has 4 aromatic rings. The minimum absolute atomic E-state index is 0.0185. The Morgan fingerprint density at radius 3 is 2.47 bits per heavy atom. The van der Waals surface area contributed by atoms with Crippen LogP contribution in [-0.4, -0.2) is 22.4 Å². The van der Waals surface area contributed by atoms with Crippen molar-refractivity contribution in [1.82, 2.24) is 15.3 Å². The Bertz CT molecular complexity index is 1170.